The van der Waals surface area contributed by atoms with Crippen molar-refractivity contribution in [1.82, 2.24) is 0 Å². The van der Waals surface area contributed by atoms with Gasteiger partial charge in [0.25, 0.3) is 11.2 Å². The number of esters is 6. The minimum absolute atomic E-state index is 0.00854. The van der Waals surface area contributed by atoms with Gasteiger partial charge in [-0.05, 0) is 134 Å². The third kappa shape index (κ3) is 32.5. The Morgan fingerprint density at radius 1 is 0.484 bits per heavy atom. The highest BCUT2D eigenvalue weighted by atomic mass is 19.4. The van der Waals surface area contributed by atoms with E-state index in [0.717, 1.165) is 45.4 Å². The summed E-state index contributed by atoms with van der Waals surface area (Å²) in [6, 6.07) is 0. The van der Waals surface area contributed by atoms with E-state index in [-0.39, 0.29) is 52.1 Å². The van der Waals surface area contributed by atoms with E-state index in [0.29, 0.717) is 61.8 Å². The zero-order chi connectivity index (χ0) is 76.4. The summed E-state index contributed by atoms with van der Waals surface area (Å²) in [6.07, 6.45) is -20.6. The van der Waals surface area contributed by atoms with Crippen LogP contribution in [-0.2, 0) is 66.7 Å². The molecule has 0 saturated heterocycles. The first-order valence-corrected chi connectivity index (χ1v) is 30.5. The van der Waals surface area contributed by atoms with Gasteiger partial charge >= 0.3 is 60.5 Å². The van der Waals surface area contributed by atoms with Crippen LogP contribution in [0.1, 0.15) is 209 Å². The number of hydrogen-bond acceptors (Lipinski definition) is 16. The Bertz CT molecular complexity index is 2510. The Balaban J connectivity index is -0.000000534. The van der Waals surface area contributed by atoms with Gasteiger partial charge in [-0.1, -0.05) is 114 Å². The Hall–Kier alpha value is -5.74. The molecule has 28 heteroatoms. The number of carbonyl (C=O) groups excluding carboxylic acids is 6. The normalized spacial score (nSPS) is 15.6. The van der Waals surface area contributed by atoms with E-state index in [2.05, 4.69) is 65.0 Å². The van der Waals surface area contributed by atoms with E-state index in [1.54, 1.807) is 27.7 Å². The first-order valence-electron chi connectivity index (χ1n) is 30.5. The summed E-state index contributed by atoms with van der Waals surface area (Å²) in [5, 5.41) is 18.5. The number of methoxy groups -OCH3 is 1. The number of aliphatic hydroxyl groups is 2. The van der Waals surface area contributed by atoms with Gasteiger partial charge < -0.3 is 48.1 Å². The quantitative estimate of drug-likeness (QED) is 0.0339. The first kappa shape index (κ1) is 95.7. The molecule has 0 aromatic carbocycles. The molecule has 2 rings (SSSR count). The van der Waals surface area contributed by atoms with Crippen LogP contribution < -0.4 is 0 Å². The van der Waals surface area contributed by atoms with Crippen LogP contribution in [0.25, 0.3) is 0 Å². The summed E-state index contributed by atoms with van der Waals surface area (Å²) in [5.74, 6) is -4.28. The summed E-state index contributed by atoms with van der Waals surface area (Å²) >= 11 is 0. The summed E-state index contributed by atoms with van der Waals surface area (Å²) in [6.45, 7) is 53.6. The maximum absolute atomic E-state index is 12.9. The minimum Gasteiger partial charge on any atom is -0.459 e. The second kappa shape index (κ2) is 39.6. The van der Waals surface area contributed by atoms with E-state index in [1.165, 1.54) is 14.0 Å². The van der Waals surface area contributed by atoms with Crippen molar-refractivity contribution in [3.63, 3.8) is 0 Å². The standard InChI is InChI=1S/C15H20F6O3.C13H22O2.C11H20O3.C10H12F6O3.C9H16O3.C9H16O2/c1-9(2)12(22)24-11(10-6-4-3-5-7-10)8-13(23,14(16,17)18)15(19,20)21;1-10(2)11(14)15-13(12(3,4)5)8-6-7-9-13;1-7(2)10(12)14-11(8(3)4)13-9(5)6;1-5(2)6(17)19-7(3,4)8(18,9(11,12)13)10(14,15)16;1-6(2)8(10)12-9(11-5)7(3)4;1-6-9(4,5)11-8(10)7(2)3/h10-11,23H,1,3-8H2,2H3;1,6-9H2,2-5H3;8-9,11H,1H2,2-6H3;18H,1H2,2-4H3;7,9H,1H2,2-5H3;2,6H2,1,3-5H3. The molecular formula is C67H106F12O16. The summed E-state index contributed by atoms with van der Waals surface area (Å²) in [7, 11) is 1.51. The fourth-order valence-electron chi connectivity index (χ4n) is 8.05. The zero-order valence-electron chi connectivity index (χ0n) is 59.2. The average molecular weight is 1400 g/mol. The second-order valence-electron chi connectivity index (χ2n) is 26.5. The maximum atomic E-state index is 12.9. The maximum Gasteiger partial charge on any atom is 0.430 e. The largest absolute Gasteiger partial charge is 0.459 e. The van der Waals surface area contributed by atoms with Crippen molar-refractivity contribution >= 4 is 35.8 Å². The summed E-state index contributed by atoms with van der Waals surface area (Å²) < 4.78 is 193. The molecule has 3 atom stereocenters. The van der Waals surface area contributed by atoms with E-state index in [4.69, 9.17) is 38.3 Å². The highest BCUT2D eigenvalue weighted by Crippen LogP contribution is 2.52. The molecule has 16 nitrogen and oxygen atoms in total. The number of alkyl halides is 12. The van der Waals surface area contributed by atoms with Crippen molar-refractivity contribution < 1.29 is 130 Å². The number of ether oxygens (including phenoxy) is 8. The van der Waals surface area contributed by atoms with Gasteiger partial charge in [-0.15, -0.1) is 0 Å². The molecule has 0 aromatic heterocycles. The molecule has 2 saturated carbocycles. The Morgan fingerprint density at radius 3 is 1.11 bits per heavy atom. The number of hydrogen-bond donors (Lipinski definition) is 2. The molecule has 0 amide bonds. The zero-order valence-corrected chi connectivity index (χ0v) is 59.2. The molecule has 0 spiro atoms. The Morgan fingerprint density at radius 2 is 0.821 bits per heavy atom. The van der Waals surface area contributed by atoms with Crippen molar-refractivity contribution in [3.05, 3.63) is 72.9 Å². The van der Waals surface area contributed by atoms with Gasteiger partial charge in [0.2, 0.25) is 12.6 Å². The lowest BCUT2D eigenvalue weighted by atomic mass is 9.75. The molecule has 2 N–H and O–H groups in total. The number of rotatable bonds is 22. The first-order chi connectivity index (χ1) is 42.4. The van der Waals surface area contributed by atoms with Gasteiger partial charge in [0.1, 0.15) is 17.3 Å². The van der Waals surface area contributed by atoms with E-state index < -0.39 is 102 Å². The van der Waals surface area contributed by atoms with Crippen LogP contribution in [-0.4, -0.2) is 131 Å². The van der Waals surface area contributed by atoms with Crippen LogP contribution in [0, 0.1) is 23.2 Å². The lowest BCUT2D eigenvalue weighted by Gasteiger charge is -2.43. The fourth-order valence-corrected chi connectivity index (χ4v) is 8.05. The second-order valence-corrected chi connectivity index (χ2v) is 26.5. The predicted octanol–water partition coefficient (Wildman–Crippen LogP) is 17.0. The van der Waals surface area contributed by atoms with Crippen LogP contribution in [0.2, 0.25) is 0 Å². The van der Waals surface area contributed by atoms with Crippen molar-refractivity contribution in [2.75, 3.05) is 7.11 Å². The molecule has 95 heavy (non-hydrogen) atoms. The smallest absolute Gasteiger partial charge is 0.430 e. The molecule has 3 unspecified atom stereocenters. The predicted molar refractivity (Wildman–Crippen MR) is 334 cm³/mol. The monoisotopic (exact) mass is 1390 g/mol. The van der Waals surface area contributed by atoms with Crippen LogP contribution in [0.4, 0.5) is 52.7 Å². The van der Waals surface area contributed by atoms with Crippen LogP contribution >= 0.6 is 0 Å². The Kier molecular flexibility index (Phi) is 39.9. The fraction of sp³-hybridized carbons (Fsp3) is 0.731. The van der Waals surface area contributed by atoms with Crippen molar-refractivity contribution in [2.24, 2.45) is 23.2 Å². The molecule has 0 aliphatic heterocycles. The van der Waals surface area contributed by atoms with Gasteiger partial charge in [0, 0.05) is 64.2 Å². The molecule has 0 heterocycles. The topological polar surface area (TPSA) is 217 Å². The van der Waals surface area contributed by atoms with Gasteiger partial charge in [-0.2, -0.15) is 52.7 Å². The van der Waals surface area contributed by atoms with Crippen LogP contribution in [0.3, 0.4) is 0 Å². The minimum atomic E-state index is -6.08. The molecule has 0 bridgehead atoms. The third-order valence-electron chi connectivity index (χ3n) is 14.5. The lowest BCUT2D eigenvalue weighted by Crippen LogP contribution is -2.69. The number of carbonyl (C=O) groups is 6. The van der Waals surface area contributed by atoms with Gasteiger partial charge in [-0.25, -0.2) is 28.8 Å². The summed E-state index contributed by atoms with van der Waals surface area (Å²) in [4.78, 5) is 67.6. The molecule has 2 fully saturated rings. The lowest BCUT2D eigenvalue weighted by molar-refractivity contribution is -0.407. The molecule has 2 aliphatic rings. The molecule has 0 aromatic rings. The van der Waals surface area contributed by atoms with Crippen LogP contribution in [0.15, 0.2) is 72.9 Å². The highest BCUT2D eigenvalue weighted by Gasteiger charge is 2.79. The van der Waals surface area contributed by atoms with Crippen molar-refractivity contribution in [1.29, 1.82) is 0 Å². The van der Waals surface area contributed by atoms with E-state index in [9.17, 15) is 86.6 Å². The van der Waals surface area contributed by atoms with Gasteiger partial charge in [0.15, 0.2) is 5.60 Å². The SMILES string of the molecule is C=C(C)C(=O)OC(C)(C)C(O)(C(F)(F)F)C(F)(F)F.C=C(C)C(=O)OC(C)(C)CC.C=C(C)C(=O)OC(CC(O)(C(F)(F)F)C(F)(F)F)C1CCCCC1.C=C(C)C(=O)OC(OC(C)C)C(C)C.C=C(C)C(=O)OC(OC)C(C)C.C=C(C)C(=O)OC1(C(C)(C)C)CCCC1. The molecule has 554 valence electrons. The molecular weight excluding hydrogens is 1290 g/mol. The molecule has 2 aliphatic carbocycles. The van der Waals surface area contributed by atoms with E-state index >= 15 is 0 Å². The summed E-state index contributed by atoms with van der Waals surface area (Å²) in [5.41, 5.74) is -12.9. The molecule has 0 radical (unpaired) electrons. The Labute approximate surface area is 553 Å². The van der Waals surface area contributed by atoms with Crippen LogP contribution in [0.5, 0.6) is 0 Å². The highest BCUT2D eigenvalue weighted by molar-refractivity contribution is 5.89. The number of halogens is 12. The van der Waals surface area contributed by atoms with Gasteiger partial charge in [0.05, 0.1) is 6.10 Å². The van der Waals surface area contributed by atoms with E-state index in [1.807, 2.05) is 62.3 Å². The van der Waals surface area contributed by atoms with Crippen molar-refractivity contribution in [3.8, 4) is 0 Å². The average Bonchev–Trinajstić information content (AvgIpc) is 1.04. The van der Waals surface area contributed by atoms with Gasteiger partial charge in [-0.3, -0.25) is 0 Å². The third-order valence-corrected chi connectivity index (χ3v) is 14.5. The van der Waals surface area contributed by atoms with Crippen molar-refractivity contribution in [2.45, 2.75) is 287 Å².